The average molecular weight is 488 g/mol. The molecule has 0 aliphatic heterocycles. The molecule has 7 nitrogen and oxygen atoms in total. The second-order valence-electron chi connectivity index (χ2n) is 8.33. The number of hydrogen-bond donors (Lipinski definition) is 0. The number of rotatable bonds is 8. The van der Waals surface area contributed by atoms with E-state index in [0.29, 0.717) is 6.54 Å². The van der Waals surface area contributed by atoms with Crippen molar-refractivity contribution in [2.45, 2.75) is 56.1 Å². The molecule has 0 bridgehead atoms. The Labute approximate surface area is 198 Å². The van der Waals surface area contributed by atoms with Crippen LogP contribution in [0.3, 0.4) is 0 Å². The van der Waals surface area contributed by atoms with Gasteiger partial charge in [0.15, 0.2) is 0 Å². The van der Waals surface area contributed by atoms with Crippen molar-refractivity contribution in [3.8, 4) is 0 Å². The molecular formula is C24H26ClN3O4S. The summed E-state index contributed by atoms with van der Waals surface area (Å²) in [7, 11) is -3.98. The first-order valence-corrected chi connectivity index (χ1v) is 12.8. The summed E-state index contributed by atoms with van der Waals surface area (Å²) in [6.07, 6.45) is 6.50. The highest BCUT2D eigenvalue weighted by atomic mass is 35.5. The fourth-order valence-corrected chi connectivity index (χ4v) is 6.26. The molecule has 0 atom stereocenters. The smallest absolute Gasteiger partial charge is 0.289 e. The fourth-order valence-electron chi connectivity index (χ4n) is 4.39. The zero-order valence-electron chi connectivity index (χ0n) is 18.1. The van der Waals surface area contributed by atoms with E-state index < -0.39 is 20.6 Å². The van der Waals surface area contributed by atoms with Gasteiger partial charge in [-0.25, -0.2) is 8.42 Å². The summed E-state index contributed by atoms with van der Waals surface area (Å²) in [5.41, 5.74) is 1.58. The molecule has 33 heavy (non-hydrogen) atoms. The van der Waals surface area contributed by atoms with Crippen molar-refractivity contribution in [1.82, 2.24) is 8.87 Å². The standard InChI is InChI=1S/C24H26ClN3O4S/c25-23-14-13-22(16-24(23)28(29)30)33(31,32)27(20-10-5-2-6-11-20)18-21-12-7-15-26(21)17-19-8-3-1-4-9-19/h1,3-4,7-9,12-16,20H,2,5-6,10-11,17-18H2. The van der Waals surface area contributed by atoms with Crippen LogP contribution in [0, 0.1) is 10.1 Å². The first-order valence-electron chi connectivity index (χ1n) is 11.0. The molecule has 174 valence electrons. The Morgan fingerprint density at radius 1 is 1.03 bits per heavy atom. The quantitative estimate of drug-likeness (QED) is 0.305. The Kier molecular flexibility index (Phi) is 7.17. The molecule has 1 aliphatic carbocycles. The van der Waals surface area contributed by atoms with E-state index in [4.69, 9.17) is 11.6 Å². The summed E-state index contributed by atoms with van der Waals surface area (Å²) in [6.45, 7) is 0.831. The van der Waals surface area contributed by atoms with Gasteiger partial charge in [-0.2, -0.15) is 4.31 Å². The molecule has 0 saturated heterocycles. The van der Waals surface area contributed by atoms with Crippen LogP contribution in [-0.2, 0) is 23.1 Å². The lowest BCUT2D eigenvalue weighted by Gasteiger charge is -2.33. The van der Waals surface area contributed by atoms with Crippen molar-refractivity contribution in [2.75, 3.05) is 0 Å². The Morgan fingerprint density at radius 3 is 2.45 bits per heavy atom. The predicted molar refractivity (Wildman–Crippen MR) is 128 cm³/mol. The summed E-state index contributed by atoms with van der Waals surface area (Å²) in [6, 6.07) is 17.4. The summed E-state index contributed by atoms with van der Waals surface area (Å²) in [4.78, 5) is 10.6. The van der Waals surface area contributed by atoms with Gasteiger partial charge in [0.25, 0.3) is 5.69 Å². The lowest BCUT2D eigenvalue weighted by molar-refractivity contribution is -0.384. The third kappa shape index (κ3) is 5.29. The van der Waals surface area contributed by atoms with Crippen LogP contribution in [0.5, 0.6) is 0 Å². The molecular weight excluding hydrogens is 462 g/mol. The molecule has 0 amide bonds. The summed E-state index contributed by atoms with van der Waals surface area (Å²) in [5, 5.41) is 11.3. The monoisotopic (exact) mass is 487 g/mol. The lowest BCUT2D eigenvalue weighted by atomic mass is 9.95. The van der Waals surface area contributed by atoms with Crippen molar-refractivity contribution in [3.05, 3.63) is 93.3 Å². The van der Waals surface area contributed by atoms with Gasteiger partial charge in [-0.3, -0.25) is 10.1 Å². The number of sulfonamides is 1. The van der Waals surface area contributed by atoms with Crippen molar-refractivity contribution in [2.24, 2.45) is 0 Å². The van der Waals surface area contributed by atoms with Crippen molar-refractivity contribution >= 4 is 27.3 Å². The second-order valence-corrected chi connectivity index (χ2v) is 10.6. The van der Waals surface area contributed by atoms with E-state index in [0.717, 1.165) is 49.4 Å². The van der Waals surface area contributed by atoms with E-state index in [-0.39, 0.29) is 22.5 Å². The van der Waals surface area contributed by atoms with Crippen molar-refractivity contribution in [1.29, 1.82) is 0 Å². The predicted octanol–water partition coefficient (Wildman–Crippen LogP) is 5.62. The SMILES string of the molecule is O=[N+]([O-])c1cc(S(=O)(=O)N(Cc2cccn2Cc2ccccc2)C2CCCCC2)ccc1Cl. The van der Waals surface area contributed by atoms with Crippen LogP contribution < -0.4 is 0 Å². The molecule has 0 radical (unpaired) electrons. The Bertz CT molecular complexity index is 1220. The highest BCUT2D eigenvalue weighted by Gasteiger charge is 2.34. The van der Waals surface area contributed by atoms with Gasteiger partial charge in [-0.05, 0) is 42.7 Å². The molecule has 4 rings (SSSR count). The summed E-state index contributed by atoms with van der Waals surface area (Å²) in [5.74, 6) is 0. The molecule has 0 N–H and O–H groups in total. The first kappa shape index (κ1) is 23.5. The van der Waals surface area contributed by atoms with Crippen LogP contribution in [0.2, 0.25) is 5.02 Å². The Hall–Kier alpha value is -2.68. The largest absolute Gasteiger partial charge is 0.346 e. The van der Waals surface area contributed by atoms with E-state index >= 15 is 0 Å². The molecule has 3 aromatic rings. The third-order valence-corrected chi connectivity index (χ3v) is 8.35. The van der Waals surface area contributed by atoms with E-state index in [9.17, 15) is 18.5 Å². The van der Waals surface area contributed by atoms with Crippen LogP contribution in [-0.4, -0.2) is 28.3 Å². The van der Waals surface area contributed by atoms with Crippen molar-refractivity contribution in [3.63, 3.8) is 0 Å². The van der Waals surface area contributed by atoms with E-state index in [2.05, 4.69) is 0 Å². The molecule has 1 aliphatic rings. The zero-order valence-corrected chi connectivity index (χ0v) is 19.7. The highest BCUT2D eigenvalue weighted by molar-refractivity contribution is 7.89. The molecule has 1 heterocycles. The first-order chi connectivity index (χ1) is 15.9. The van der Waals surface area contributed by atoms with Gasteiger partial charge >= 0.3 is 0 Å². The Morgan fingerprint density at radius 2 is 1.76 bits per heavy atom. The minimum Gasteiger partial charge on any atom is -0.346 e. The second kappa shape index (κ2) is 10.1. The minimum absolute atomic E-state index is 0.0834. The third-order valence-electron chi connectivity index (χ3n) is 6.14. The molecule has 1 aromatic heterocycles. The number of nitro groups is 1. The van der Waals surface area contributed by atoms with Crippen LogP contribution in [0.25, 0.3) is 0 Å². The number of nitrogens with zero attached hydrogens (tertiary/aromatic N) is 3. The maximum absolute atomic E-state index is 13.8. The average Bonchev–Trinajstić information content (AvgIpc) is 3.25. The number of hydrogen-bond acceptors (Lipinski definition) is 4. The molecule has 1 saturated carbocycles. The topological polar surface area (TPSA) is 85.4 Å². The summed E-state index contributed by atoms with van der Waals surface area (Å²) >= 11 is 5.93. The van der Waals surface area contributed by atoms with Crippen LogP contribution >= 0.6 is 11.6 Å². The van der Waals surface area contributed by atoms with Gasteiger partial charge in [-0.15, -0.1) is 0 Å². The number of halogens is 1. The van der Waals surface area contributed by atoms with Gasteiger partial charge in [0.2, 0.25) is 10.0 Å². The van der Waals surface area contributed by atoms with E-state index in [1.54, 1.807) is 0 Å². The molecule has 9 heteroatoms. The Balaban J connectivity index is 1.69. The molecule has 1 fully saturated rings. The minimum atomic E-state index is -3.98. The van der Waals surface area contributed by atoms with Crippen LogP contribution in [0.15, 0.2) is 71.8 Å². The number of benzene rings is 2. The lowest BCUT2D eigenvalue weighted by Crippen LogP contribution is -2.41. The van der Waals surface area contributed by atoms with Gasteiger partial charge in [-0.1, -0.05) is 61.2 Å². The van der Waals surface area contributed by atoms with Crippen LogP contribution in [0.4, 0.5) is 5.69 Å². The molecule has 0 unspecified atom stereocenters. The van der Waals surface area contributed by atoms with E-state index in [1.807, 2.05) is 53.2 Å². The number of aromatic nitrogens is 1. The summed E-state index contributed by atoms with van der Waals surface area (Å²) < 4.78 is 31.1. The van der Waals surface area contributed by atoms with Gasteiger partial charge in [0, 0.05) is 30.5 Å². The molecule has 2 aromatic carbocycles. The molecule has 0 spiro atoms. The van der Waals surface area contributed by atoms with Gasteiger partial charge < -0.3 is 4.57 Å². The van der Waals surface area contributed by atoms with Gasteiger partial charge in [0.1, 0.15) is 5.02 Å². The maximum atomic E-state index is 13.8. The van der Waals surface area contributed by atoms with E-state index in [1.165, 1.54) is 16.4 Å². The van der Waals surface area contributed by atoms with Gasteiger partial charge in [0.05, 0.1) is 16.4 Å². The van der Waals surface area contributed by atoms with Crippen LogP contribution in [0.1, 0.15) is 43.4 Å². The number of nitro benzene ring substituents is 1. The fraction of sp³-hybridized carbons (Fsp3) is 0.333. The normalized spacial score (nSPS) is 15.1. The maximum Gasteiger partial charge on any atom is 0.289 e. The zero-order chi connectivity index (χ0) is 23.4. The van der Waals surface area contributed by atoms with Crippen molar-refractivity contribution < 1.29 is 13.3 Å². The highest BCUT2D eigenvalue weighted by Crippen LogP contribution is 2.33.